The Bertz CT molecular complexity index is 565. The van der Waals surface area contributed by atoms with E-state index in [0.29, 0.717) is 0 Å². The molecule has 15 heteroatoms. The first-order valence-electron chi connectivity index (χ1n) is 6.37. The van der Waals surface area contributed by atoms with E-state index in [0.717, 1.165) is 12.4 Å². The first kappa shape index (κ1) is 23.4. The van der Waals surface area contributed by atoms with Crippen LogP contribution < -0.4 is 16.0 Å². The van der Waals surface area contributed by atoms with Crippen LogP contribution in [0.15, 0.2) is 0 Å². The van der Waals surface area contributed by atoms with Gasteiger partial charge in [-0.15, -0.1) is 0 Å². The fourth-order valence-corrected chi connectivity index (χ4v) is 1.14. The van der Waals surface area contributed by atoms with Crippen LogP contribution in [0.5, 0.6) is 0 Å². The Morgan fingerprint density at radius 2 is 1.19 bits per heavy atom. The molecule has 0 spiro atoms. The van der Waals surface area contributed by atoms with Crippen LogP contribution in [0.3, 0.4) is 0 Å². The van der Waals surface area contributed by atoms with Crippen molar-refractivity contribution in [3.8, 4) is 0 Å². The Kier molecular flexibility index (Phi) is 7.79. The largest absolute Gasteiger partial charge is 0.468 e. The number of hydrogen-bond donors (Lipinski definition) is 3. The molecule has 26 heavy (non-hydrogen) atoms. The number of esters is 1. The molecule has 0 atom stereocenters. The van der Waals surface area contributed by atoms with E-state index in [1.807, 2.05) is 5.32 Å². The van der Waals surface area contributed by atoms with Crippen LogP contribution >= 0.6 is 0 Å². The molecule has 0 saturated heterocycles. The number of alkyl halides is 7. The van der Waals surface area contributed by atoms with Gasteiger partial charge in [-0.2, -0.15) is 30.7 Å². The molecule has 8 nitrogen and oxygen atoms in total. The Morgan fingerprint density at radius 3 is 1.62 bits per heavy atom. The highest BCUT2D eigenvalue weighted by molar-refractivity contribution is 5.91. The number of methoxy groups -OCH3 is 1. The summed E-state index contributed by atoms with van der Waals surface area (Å²) in [5.74, 6) is -19.0. The summed E-state index contributed by atoms with van der Waals surface area (Å²) in [6, 6.07) is 0. The minimum absolute atomic E-state index is 0.555. The van der Waals surface area contributed by atoms with Crippen LogP contribution in [-0.4, -0.2) is 68.5 Å². The number of nitrogens with one attached hydrogen (secondary N) is 3. The number of amides is 3. The number of rotatable bonds is 8. The summed E-state index contributed by atoms with van der Waals surface area (Å²) in [5, 5.41) is 4.58. The van der Waals surface area contributed by atoms with Crippen LogP contribution in [0.1, 0.15) is 0 Å². The smallest absolute Gasteiger partial charge is 0.460 e. The lowest BCUT2D eigenvalue weighted by atomic mass is 10.1. The molecule has 0 fully saturated rings. The summed E-state index contributed by atoms with van der Waals surface area (Å²) < 4.78 is 90.9. The van der Waals surface area contributed by atoms with E-state index in [-0.39, 0.29) is 0 Å². The zero-order valence-electron chi connectivity index (χ0n) is 12.8. The number of hydrogen-bond acceptors (Lipinski definition) is 5. The third-order valence-corrected chi connectivity index (χ3v) is 2.55. The molecule has 0 aromatic carbocycles. The van der Waals surface area contributed by atoms with Gasteiger partial charge in [-0.25, -0.2) is 0 Å². The minimum atomic E-state index is -6.70. The summed E-state index contributed by atoms with van der Waals surface area (Å²) in [6.45, 7) is -2.77. The minimum Gasteiger partial charge on any atom is -0.468 e. The van der Waals surface area contributed by atoms with Gasteiger partial charge in [0.25, 0.3) is 5.91 Å². The fraction of sp³-hybridized carbons (Fsp3) is 0.636. The van der Waals surface area contributed by atoms with Crippen molar-refractivity contribution in [1.82, 2.24) is 16.0 Å². The third-order valence-electron chi connectivity index (χ3n) is 2.55. The molecule has 3 N–H and O–H groups in total. The van der Waals surface area contributed by atoms with Crippen LogP contribution in [0, 0.1) is 0 Å². The summed E-state index contributed by atoms with van der Waals surface area (Å²) in [5.41, 5.74) is 0. The van der Waals surface area contributed by atoms with Gasteiger partial charge in [0, 0.05) is 0 Å². The molecule has 0 heterocycles. The molecule has 0 aliphatic carbocycles. The lowest BCUT2D eigenvalue weighted by Crippen LogP contribution is -2.60. The first-order chi connectivity index (χ1) is 11.7. The van der Waals surface area contributed by atoms with Crippen molar-refractivity contribution < 1.29 is 54.6 Å². The van der Waals surface area contributed by atoms with Crippen molar-refractivity contribution in [3.63, 3.8) is 0 Å². The molecule has 0 aromatic rings. The molecule has 0 aliphatic heterocycles. The van der Waals surface area contributed by atoms with Crippen molar-refractivity contribution in [1.29, 1.82) is 0 Å². The molecular formula is C11H12F7N3O5. The highest BCUT2D eigenvalue weighted by Crippen LogP contribution is 2.46. The molecule has 0 aliphatic rings. The van der Waals surface area contributed by atoms with E-state index < -0.39 is 61.3 Å². The SMILES string of the molecule is COC(=O)CNC(=O)CNC(=O)CNC(=O)C(F)(F)C(F)(F)C(F)(F)F. The standard InChI is InChI=1S/C11H12F7N3O5/c1-26-7(24)4-20-5(22)2-19-6(23)3-21-8(25)9(12,13)10(14,15)11(16,17)18/h2-4H2,1H3,(H,19,23)(H,20,22)(H,21,25). The van der Waals surface area contributed by atoms with E-state index >= 15 is 0 Å². The van der Waals surface area contributed by atoms with Crippen molar-refractivity contribution in [3.05, 3.63) is 0 Å². The maximum absolute atomic E-state index is 12.9. The Morgan fingerprint density at radius 1 is 0.769 bits per heavy atom. The lowest BCUT2D eigenvalue weighted by Gasteiger charge is -2.26. The zero-order chi connectivity index (χ0) is 20.8. The summed E-state index contributed by atoms with van der Waals surface area (Å²) in [7, 11) is 1.02. The van der Waals surface area contributed by atoms with Gasteiger partial charge in [-0.3, -0.25) is 19.2 Å². The average molecular weight is 399 g/mol. The van der Waals surface area contributed by atoms with Gasteiger partial charge in [-0.05, 0) is 0 Å². The van der Waals surface area contributed by atoms with Gasteiger partial charge in [0.2, 0.25) is 11.8 Å². The fourth-order valence-electron chi connectivity index (χ4n) is 1.14. The Hall–Kier alpha value is -2.61. The topological polar surface area (TPSA) is 114 Å². The molecular weight excluding hydrogens is 387 g/mol. The quantitative estimate of drug-likeness (QED) is 0.371. The van der Waals surface area contributed by atoms with Crippen molar-refractivity contribution in [2.75, 3.05) is 26.7 Å². The van der Waals surface area contributed by atoms with E-state index in [1.165, 1.54) is 0 Å². The van der Waals surface area contributed by atoms with Gasteiger partial charge in [0.05, 0.1) is 20.2 Å². The summed E-state index contributed by atoms with van der Waals surface area (Å²) >= 11 is 0. The number of carbonyl (C=O) groups is 4. The molecule has 0 aromatic heterocycles. The van der Waals surface area contributed by atoms with E-state index in [2.05, 4.69) is 4.74 Å². The average Bonchev–Trinajstić information content (AvgIpc) is 2.53. The predicted molar refractivity (Wildman–Crippen MR) is 67.0 cm³/mol. The predicted octanol–water partition coefficient (Wildman–Crippen LogP) is -0.659. The van der Waals surface area contributed by atoms with Crippen LogP contribution in [0.4, 0.5) is 30.7 Å². The highest BCUT2D eigenvalue weighted by atomic mass is 19.4. The molecule has 3 amide bonds. The van der Waals surface area contributed by atoms with Crippen molar-refractivity contribution in [2.24, 2.45) is 0 Å². The zero-order valence-corrected chi connectivity index (χ0v) is 12.8. The van der Waals surface area contributed by atoms with E-state index in [9.17, 15) is 49.9 Å². The molecule has 0 radical (unpaired) electrons. The molecule has 0 rings (SSSR count). The van der Waals surface area contributed by atoms with Crippen LogP contribution in [0.2, 0.25) is 0 Å². The van der Waals surface area contributed by atoms with Crippen molar-refractivity contribution >= 4 is 23.7 Å². The number of halogens is 7. The second-order valence-corrected chi connectivity index (χ2v) is 4.46. The first-order valence-corrected chi connectivity index (χ1v) is 6.37. The molecule has 0 saturated carbocycles. The summed E-state index contributed by atoms with van der Waals surface area (Å²) in [6.07, 6.45) is -6.70. The highest BCUT2D eigenvalue weighted by Gasteiger charge is 2.76. The van der Waals surface area contributed by atoms with Crippen LogP contribution in [0.25, 0.3) is 0 Å². The van der Waals surface area contributed by atoms with Crippen molar-refractivity contribution in [2.45, 2.75) is 18.0 Å². The third kappa shape index (κ3) is 6.03. The van der Waals surface area contributed by atoms with Gasteiger partial charge in [0.1, 0.15) is 6.54 Å². The molecule has 0 unspecified atom stereocenters. The molecule has 150 valence electrons. The van der Waals surface area contributed by atoms with Gasteiger partial charge < -0.3 is 20.7 Å². The lowest BCUT2D eigenvalue weighted by molar-refractivity contribution is -0.344. The second kappa shape index (κ2) is 8.66. The maximum atomic E-state index is 12.9. The van der Waals surface area contributed by atoms with E-state index in [1.54, 1.807) is 5.32 Å². The van der Waals surface area contributed by atoms with Gasteiger partial charge in [0.15, 0.2) is 0 Å². The maximum Gasteiger partial charge on any atom is 0.460 e. The monoisotopic (exact) mass is 399 g/mol. The normalized spacial score (nSPS) is 12.2. The van der Waals surface area contributed by atoms with Gasteiger partial charge >= 0.3 is 24.0 Å². The van der Waals surface area contributed by atoms with Gasteiger partial charge in [-0.1, -0.05) is 0 Å². The Balaban J connectivity index is 4.48. The Labute approximate surface area is 140 Å². The van der Waals surface area contributed by atoms with E-state index in [4.69, 9.17) is 0 Å². The number of ether oxygens (including phenoxy) is 1. The van der Waals surface area contributed by atoms with Crippen LogP contribution in [-0.2, 0) is 23.9 Å². The molecule has 0 bridgehead atoms. The summed E-state index contributed by atoms with van der Waals surface area (Å²) in [4.78, 5) is 43.9. The number of carbonyl (C=O) groups excluding carboxylic acids is 4. The second-order valence-electron chi connectivity index (χ2n) is 4.46.